The molecule has 0 spiro atoms. The van der Waals surface area contributed by atoms with Gasteiger partial charge in [-0.05, 0) is 18.1 Å². The van der Waals surface area contributed by atoms with Crippen LogP contribution in [0.5, 0.6) is 5.88 Å². The number of pyridine rings is 1. The van der Waals surface area contributed by atoms with E-state index in [1.807, 2.05) is 10.6 Å². The molecule has 6 heteroatoms. The van der Waals surface area contributed by atoms with Gasteiger partial charge in [0.1, 0.15) is 5.15 Å². The molecular formula is C12H13ClN4O. The van der Waals surface area contributed by atoms with Crippen LogP contribution in [0, 0.1) is 0 Å². The van der Waals surface area contributed by atoms with Crippen LogP contribution in [0.2, 0.25) is 5.15 Å². The van der Waals surface area contributed by atoms with Gasteiger partial charge in [-0.1, -0.05) is 17.7 Å². The van der Waals surface area contributed by atoms with E-state index in [0.29, 0.717) is 5.15 Å². The third-order valence-electron chi connectivity index (χ3n) is 3.01. The number of imidazole rings is 1. The molecule has 0 fully saturated rings. The van der Waals surface area contributed by atoms with Crippen LogP contribution >= 0.6 is 11.6 Å². The smallest absolute Gasteiger partial charge is 0.231 e. The fourth-order valence-corrected chi connectivity index (χ4v) is 2.32. The first-order valence-corrected chi connectivity index (χ1v) is 6.22. The molecule has 3 heterocycles. The van der Waals surface area contributed by atoms with E-state index in [-0.39, 0.29) is 5.88 Å². The summed E-state index contributed by atoms with van der Waals surface area (Å²) in [5.74, 6) is 0.889. The zero-order valence-corrected chi connectivity index (χ0v) is 10.5. The van der Waals surface area contributed by atoms with E-state index in [1.54, 1.807) is 18.5 Å². The van der Waals surface area contributed by atoms with Gasteiger partial charge in [0.2, 0.25) is 11.8 Å². The molecule has 0 aromatic carbocycles. The van der Waals surface area contributed by atoms with Gasteiger partial charge in [0.25, 0.3) is 0 Å². The molecule has 0 saturated carbocycles. The first kappa shape index (κ1) is 11.3. The molecule has 0 aliphatic carbocycles. The summed E-state index contributed by atoms with van der Waals surface area (Å²) in [5.41, 5.74) is 1.08. The normalized spacial score (nSPS) is 14.6. The average Bonchev–Trinajstić information content (AvgIpc) is 2.73. The van der Waals surface area contributed by atoms with Crippen molar-refractivity contribution in [1.82, 2.24) is 14.5 Å². The van der Waals surface area contributed by atoms with E-state index in [2.05, 4.69) is 14.9 Å². The lowest BCUT2D eigenvalue weighted by Crippen LogP contribution is -2.31. The van der Waals surface area contributed by atoms with Crippen LogP contribution in [-0.4, -0.2) is 26.2 Å². The van der Waals surface area contributed by atoms with Crippen LogP contribution in [0.3, 0.4) is 0 Å². The Balaban J connectivity index is 1.83. The largest absolute Gasteiger partial charge is 0.492 e. The molecule has 2 aromatic heterocycles. The third-order valence-corrected chi connectivity index (χ3v) is 3.24. The lowest BCUT2D eigenvalue weighted by Gasteiger charge is -2.28. The predicted octanol–water partition coefficient (Wildman–Crippen LogP) is 2.05. The average molecular weight is 265 g/mol. The van der Waals surface area contributed by atoms with Crippen LogP contribution in [0.15, 0.2) is 24.5 Å². The highest BCUT2D eigenvalue weighted by molar-refractivity contribution is 6.29. The highest BCUT2D eigenvalue weighted by Crippen LogP contribution is 2.24. The van der Waals surface area contributed by atoms with Gasteiger partial charge in [0, 0.05) is 25.8 Å². The predicted molar refractivity (Wildman–Crippen MR) is 68.8 cm³/mol. The number of anilines is 1. The van der Waals surface area contributed by atoms with Crippen molar-refractivity contribution in [3.8, 4) is 5.88 Å². The van der Waals surface area contributed by atoms with E-state index < -0.39 is 0 Å². The first-order valence-electron chi connectivity index (χ1n) is 5.84. The molecule has 0 radical (unpaired) electrons. The SMILES string of the molecule is Oc1cn2c(n1)N(Cc1ccc(Cl)nc1)CCC2. The number of aromatic nitrogens is 3. The monoisotopic (exact) mass is 264 g/mol. The highest BCUT2D eigenvalue weighted by Gasteiger charge is 2.19. The second kappa shape index (κ2) is 4.49. The number of fused-ring (bicyclic) bond motifs is 1. The van der Waals surface area contributed by atoms with Crippen molar-refractivity contribution in [2.75, 3.05) is 11.4 Å². The number of hydrogen-bond donors (Lipinski definition) is 1. The summed E-state index contributed by atoms with van der Waals surface area (Å²) in [4.78, 5) is 10.3. The molecule has 5 nitrogen and oxygen atoms in total. The number of hydrogen-bond acceptors (Lipinski definition) is 4. The minimum atomic E-state index is 0.0751. The van der Waals surface area contributed by atoms with Gasteiger partial charge in [-0.2, -0.15) is 4.98 Å². The second-order valence-corrected chi connectivity index (χ2v) is 4.74. The summed E-state index contributed by atoms with van der Waals surface area (Å²) in [7, 11) is 0. The summed E-state index contributed by atoms with van der Waals surface area (Å²) in [6.45, 7) is 2.55. The van der Waals surface area contributed by atoms with Crippen molar-refractivity contribution < 1.29 is 5.11 Å². The fourth-order valence-electron chi connectivity index (χ4n) is 2.21. The zero-order chi connectivity index (χ0) is 12.5. The van der Waals surface area contributed by atoms with Gasteiger partial charge in [0.15, 0.2) is 0 Å². The van der Waals surface area contributed by atoms with E-state index in [1.165, 1.54) is 0 Å². The number of aromatic hydroxyl groups is 1. The Morgan fingerprint density at radius 2 is 2.22 bits per heavy atom. The van der Waals surface area contributed by atoms with Crippen molar-refractivity contribution in [1.29, 1.82) is 0 Å². The maximum atomic E-state index is 9.46. The topological polar surface area (TPSA) is 54.2 Å². The Morgan fingerprint density at radius 1 is 1.33 bits per heavy atom. The summed E-state index contributed by atoms with van der Waals surface area (Å²) in [6.07, 6.45) is 4.48. The van der Waals surface area contributed by atoms with Gasteiger partial charge in [-0.3, -0.25) is 0 Å². The van der Waals surface area contributed by atoms with Gasteiger partial charge >= 0.3 is 0 Å². The molecule has 94 valence electrons. The fraction of sp³-hybridized carbons (Fsp3) is 0.333. The summed E-state index contributed by atoms with van der Waals surface area (Å²) in [6, 6.07) is 3.74. The van der Waals surface area contributed by atoms with Crippen molar-refractivity contribution in [2.45, 2.75) is 19.5 Å². The Bertz CT molecular complexity index is 552. The van der Waals surface area contributed by atoms with Crippen molar-refractivity contribution >= 4 is 17.5 Å². The summed E-state index contributed by atoms with van der Waals surface area (Å²) >= 11 is 5.76. The molecule has 1 aliphatic heterocycles. The number of halogens is 1. The van der Waals surface area contributed by atoms with E-state index >= 15 is 0 Å². The maximum Gasteiger partial charge on any atom is 0.231 e. The minimum absolute atomic E-state index is 0.0751. The number of nitrogens with zero attached hydrogens (tertiary/aromatic N) is 4. The molecule has 1 N–H and O–H groups in total. The van der Waals surface area contributed by atoms with Crippen LogP contribution in [0.1, 0.15) is 12.0 Å². The summed E-state index contributed by atoms with van der Waals surface area (Å²) < 4.78 is 1.97. The van der Waals surface area contributed by atoms with Gasteiger partial charge in [-0.25, -0.2) is 4.98 Å². The van der Waals surface area contributed by atoms with Gasteiger partial charge < -0.3 is 14.6 Å². The van der Waals surface area contributed by atoms with E-state index in [9.17, 15) is 5.11 Å². The van der Waals surface area contributed by atoms with Crippen LogP contribution in [-0.2, 0) is 13.1 Å². The van der Waals surface area contributed by atoms with Crippen LogP contribution in [0.4, 0.5) is 5.95 Å². The molecule has 0 atom stereocenters. The molecule has 3 rings (SSSR count). The number of aryl methyl sites for hydroxylation is 1. The molecule has 2 aromatic rings. The molecule has 0 saturated heterocycles. The summed E-state index contributed by atoms with van der Waals surface area (Å²) in [5, 5.41) is 9.95. The molecule has 18 heavy (non-hydrogen) atoms. The Hall–Kier alpha value is -1.75. The lowest BCUT2D eigenvalue weighted by molar-refractivity contribution is 0.455. The standard InChI is InChI=1S/C12H13ClN4O/c13-10-3-2-9(6-14-10)7-16-4-1-5-17-8-11(18)15-12(16)17/h2-3,6,8,18H,1,4-5,7H2. The van der Waals surface area contributed by atoms with Crippen molar-refractivity contribution in [3.05, 3.63) is 35.2 Å². The first-order chi connectivity index (χ1) is 8.72. The molecule has 0 amide bonds. The Morgan fingerprint density at radius 3 is 3.00 bits per heavy atom. The second-order valence-electron chi connectivity index (χ2n) is 4.36. The van der Waals surface area contributed by atoms with E-state index in [4.69, 9.17) is 11.6 Å². The zero-order valence-electron chi connectivity index (χ0n) is 9.75. The minimum Gasteiger partial charge on any atom is -0.492 e. The molecule has 1 aliphatic rings. The molecular weight excluding hydrogens is 252 g/mol. The van der Waals surface area contributed by atoms with Crippen molar-refractivity contribution in [3.63, 3.8) is 0 Å². The maximum absolute atomic E-state index is 9.46. The van der Waals surface area contributed by atoms with Gasteiger partial charge in [0.05, 0.1) is 6.20 Å². The van der Waals surface area contributed by atoms with Crippen LogP contribution < -0.4 is 4.90 Å². The van der Waals surface area contributed by atoms with Crippen LogP contribution in [0.25, 0.3) is 0 Å². The third kappa shape index (κ3) is 2.13. The quantitative estimate of drug-likeness (QED) is 0.844. The lowest BCUT2D eigenvalue weighted by atomic mass is 10.2. The van der Waals surface area contributed by atoms with Gasteiger partial charge in [-0.15, -0.1) is 0 Å². The Kier molecular flexibility index (Phi) is 2.83. The molecule has 0 unspecified atom stereocenters. The number of rotatable bonds is 2. The Labute approximate surface area is 110 Å². The van der Waals surface area contributed by atoms with Crippen molar-refractivity contribution in [2.24, 2.45) is 0 Å². The highest BCUT2D eigenvalue weighted by atomic mass is 35.5. The molecule has 0 bridgehead atoms. The van der Waals surface area contributed by atoms with E-state index in [0.717, 1.165) is 37.6 Å².